The molecule has 0 saturated carbocycles. The Bertz CT molecular complexity index is 1160. The molecule has 0 unspecified atom stereocenters. The molecule has 4 heterocycles. The van der Waals surface area contributed by atoms with Crippen molar-refractivity contribution in [2.45, 2.75) is 6.18 Å². The number of fused-ring (bicyclic) bond motifs is 1. The molecule has 0 aliphatic carbocycles. The summed E-state index contributed by atoms with van der Waals surface area (Å²) < 4.78 is 39.4. The van der Waals surface area contributed by atoms with Crippen LogP contribution >= 0.6 is 45.6 Å². The van der Waals surface area contributed by atoms with E-state index in [1.807, 2.05) is 17.5 Å². The molecule has 0 bridgehead atoms. The number of anilines is 1. The van der Waals surface area contributed by atoms with Crippen LogP contribution in [-0.4, -0.2) is 16.9 Å². The van der Waals surface area contributed by atoms with E-state index in [1.54, 1.807) is 18.2 Å². The van der Waals surface area contributed by atoms with Crippen LogP contribution in [-0.2, 0) is 0 Å². The lowest BCUT2D eigenvalue weighted by molar-refractivity contribution is -0.0881. The van der Waals surface area contributed by atoms with Gasteiger partial charge in [-0.25, -0.2) is 4.98 Å². The Morgan fingerprint density at radius 1 is 1.15 bits per heavy atom. The van der Waals surface area contributed by atoms with Crippen molar-refractivity contribution >= 4 is 67.3 Å². The van der Waals surface area contributed by atoms with E-state index >= 15 is 0 Å². The van der Waals surface area contributed by atoms with Crippen LogP contribution in [0.15, 0.2) is 35.7 Å². The van der Waals surface area contributed by atoms with Crippen LogP contribution in [0.5, 0.6) is 0 Å². The number of nitrogens with two attached hydrogens (primary N) is 1. The Labute approximate surface area is 167 Å². The Balaban J connectivity index is 2.03. The fraction of sp³-hybridized carbons (Fsp3) is 0.0588. The third-order valence-corrected chi connectivity index (χ3v) is 7.03. The largest absolute Gasteiger partial charge is 0.455 e. The van der Waals surface area contributed by atoms with Gasteiger partial charge in [0.2, 0.25) is 0 Å². The van der Waals surface area contributed by atoms with Gasteiger partial charge in [-0.1, -0.05) is 17.7 Å². The lowest BCUT2D eigenvalue weighted by Gasteiger charge is -2.06. The molecule has 0 amide bonds. The number of thiophene rings is 3. The average Bonchev–Trinajstić information content (AvgIpc) is 3.33. The minimum absolute atomic E-state index is 0.206. The topological polar surface area (TPSA) is 56.0 Å². The molecule has 0 fully saturated rings. The highest BCUT2D eigenvalue weighted by Gasteiger charge is 2.42. The molecular weight excluding hydrogens is 437 g/mol. The summed E-state index contributed by atoms with van der Waals surface area (Å²) in [6.45, 7) is 0. The van der Waals surface area contributed by atoms with E-state index in [0.717, 1.165) is 9.75 Å². The summed E-state index contributed by atoms with van der Waals surface area (Å²) in [5, 5.41) is 2.22. The van der Waals surface area contributed by atoms with Gasteiger partial charge in [0.25, 0.3) is 5.78 Å². The van der Waals surface area contributed by atoms with Crippen molar-refractivity contribution < 1.29 is 18.0 Å². The van der Waals surface area contributed by atoms with E-state index in [0.29, 0.717) is 32.3 Å². The van der Waals surface area contributed by atoms with Crippen molar-refractivity contribution in [3.8, 4) is 21.0 Å². The van der Waals surface area contributed by atoms with E-state index in [-0.39, 0.29) is 10.5 Å². The predicted octanol–water partition coefficient (Wildman–Crippen LogP) is 6.73. The van der Waals surface area contributed by atoms with Crippen LogP contribution in [0.4, 0.5) is 18.9 Å². The third-order valence-electron chi connectivity index (χ3n) is 3.77. The second-order valence-electron chi connectivity index (χ2n) is 5.49. The van der Waals surface area contributed by atoms with Crippen molar-refractivity contribution in [3.05, 3.63) is 44.9 Å². The van der Waals surface area contributed by atoms with Crippen molar-refractivity contribution in [2.75, 3.05) is 5.73 Å². The molecule has 4 rings (SSSR count). The maximum atomic E-state index is 12.9. The van der Waals surface area contributed by atoms with Crippen LogP contribution in [0.25, 0.3) is 31.2 Å². The van der Waals surface area contributed by atoms with Gasteiger partial charge in [-0.3, -0.25) is 4.79 Å². The highest BCUT2D eigenvalue weighted by Crippen LogP contribution is 2.45. The highest BCUT2D eigenvalue weighted by atomic mass is 35.5. The lowest BCUT2D eigenvalue weighted by atomic mass is 10.1. The molecule has 0 radical (unpaired) electrons. The number of ketones is 1. The van der Waals surface area contributed by atoms with Crippen LogP contribution in [0, 0.1) is 0 Å². The zero-order chi connectivity index (χ0) is 19.3. The number of nitrogen functional groups attached to an aromatic ring is 1. The average molecular weight is 445 g/mol. The molecule has 10 heteroatoms. The molecule has 0 saturated heterocycles. The summed E-state index contributed by atoms with van der Waals surface area (Å²) in [6, 6.07) is 8.95. The summed E-state index contributed by atoms with van der Waals surface area (Å²) >= 11 is 9.42. The molecule has 2 N–H and O–H groups in total. The summed E-state index contributed by atoms with van der Waals surface area (Å²) in [5.41, 5.74) is 6.98. The van der Waals surface area contributed by atoms with Gasteiger partial charge >= 0.3 is 6.18 Å². The standard InChI is InChI=1S/C17H8ClF3N2OS3/c18-11-4-3-9(26-11)7-6-8(10-2-1-5-25-10)23-16-12(7)13(22)14(27-16)15(24)17(19,20)21/h1-6H,22H2. The number of aromatic nitrogens is 1. The van der Waals surface area contributed by atoms with Crippen molar-refractivity contribution in [1.29, 1.82) is 0 Å². The normalized spacial score (nSPS) is 12.0. The lowest BCUT2D eigenvalue weighted by Crippen LogP contribution is -2.22. The fourth-order valence-corrected chi connectivity index (χ4v) is 5.45. The number of Topliss-reactive ketones (excluding diaryl/α,β-unsaturated/α-hetero) is 1. The van der Waals surface area contributed by atoms with Gasteiger partial charge in [-0.05, 0) is 29.6 Å². The highest BCUT2D eigenvalue weighted by molar-refractivity contribution is 7.22. The van der Waals surface area contributed by atoms with Gasteiger partial charge in [0.1, 0.15) is 9.71 Å². The van der Waals surface area contributed by atoms with Gasteiger partial charge < -0.3 is 5.73 Å². The van der Waals surface area contributed by atoms with Crippen LogP contribution in [0.3, 0.4) is 0 Å². The Hall–Kier alpha value is -1.94. The molecule has 3 nitrogen and oxygen atoms in total. The predicted molar refractivity (Wildman–Crippen MR) is 106 cm³/mol. The maximum Gasteiger partial charge on any atom is 0.455 e. The monoisotopic (exact) mass is 444 g/mol. The van der Waals surface area contributed by atoms with E-state index in [4.69, 9.17) is 17.3 Å². The van der Waals surface area contributed by atoms with E-state index in [9.17, 15) is 18.0 Å². The number of hydrogen-bond acceptors (Lipinski definition) is 6. The van der Waals surface area contributed by atoms with Gasteiger partial charge in [-0.2, -0.15) is 13.2 Å². The number of nitrogens with zero attached hydrogens (tertiary/aromatic N) is 1. The smallest absolute Gasteiger partial charge is 0.397 e. The van der Waals surface area contributed by atoms with Crippen LogP contribution in [0.2, 0.25) is 4.34 Å². The van der Waals surface area contributed by atoms with Gasteiger partial charge in [0, 0.05) is 15.8 Å². The number of carbonyl (C=O) groups excluding carboxylic acids is 1. The SMILES string of the molecule is Nc1c(C(=O)C(F)(F)F)sc2nc(-c3cccs3)cc(-c3ccc(Cl)s3)c12. The van der Waals surface area contributed by atoms with Crippen molar-refractivity contribution in [3.63, 3.8) is 0 Å². The van der Waals surface area contributed by atoms with Crippen LogP contribution < -0.4 is 5.73 Å². The van der Waals surface area contributed by atoms with E-state index < -0.39 is 16.8 Å². The minimum Gasteiger partial charge on any atom is -0.397 e. The molecule has 4 aromatic heterocycles. The molecule has 138 valence electrons. The van der Waals surface area contributed by atoms with E-state index in [1.165, 1.54) is 22.7 Å². The van der Waals surface area contributed by atoms with Gasteiger partial charge in [0.05, 0.1) is 20.6 Å². The second kappa shape index (κ2) is 6.59. The van der Waals surface area contributed by atoms with Gasteiger partial charge in [0.15, 0.2) is 0 Å². The molecule has 27 heavy (non-hydrogen) atoms. The number of alkyl halides is 3. The quantitative estimate of drug-likeness (QED) is 0.356. The molecule has 0 aliphatic heterocycles. The van der Waals surface area contributed by atoms with Crippen molar-refractivity contribution in [1.82, 2.24) is 4.98 Å². The molecule has 0 aliphatic rings. The summed E-state index contributed by atoms with van der Waals surface area (Å²) in [5.74, 6) is -1.96. The Morgan fingerprint density at radius 2 is 1.93 bits per heavy atom. The van der Waals surface area contributed by atoms with Gasteiger partial charge in [-0.15, -0.1) is 34.0 Å². The van der Waals surface area contributed by atoms with Crippen molar-refractivity contribution in [2.24, 2.45) is 0 Å². The molecule has 0 spiro atoms. The summed E-state index contributed by atoms with van der Waals surface area (Å²) in [7, 11) is 0. The zero-order valence-electron chi connectivity index (χ0n) is 13.1. The first-order chi connectivity index (χ1) is 12.8. The molecular formula is C17H8ClF3N2OS3. The molecule has 0 atom stereocenters. The number of halogens is 4. The first-order valence-electron chi connectivity index (χ1n) is 7.40. The Kier molecular flexibility index (Phi) is 4.50. The Morgan fingerprint density at radius 3 is 2.52 bits per heavy atom. The van der Waals surface area contributed by atoms with Crippen LogP contribution in [0.1, 0.15) is 9.67 Å². The first-order valence-corrected chi connectivity index (χ1v) is 10.3. The first kappa shape index (κ1) is 18.4. The third kappa shape index (κ3) is 3.25. The second-order valence-corrected chi connectivity index (χ2v) is 9.15. The number of hydrogen-bond donors (Lipinski definition) is 1. The molecule has 0 aromatic carbocycles. The summed E-state index contributed by atoms with van der Waals surface area (Å²) in [4.78, 5) is 17.6. The number of pyridine rings is 1. The summed E-state index contributed by atoms with van der Waals surface area (Å²) in [6.07, 6.45) is -5.00. The molecule has 4 aromatic rings. The number of carbonyl (C=O) groups is 1. The van der Waals surface area contributed by atoms with E-state index in [2.05, 4.69) is 4.98 Å². The minimum atomic E-state index is -5.00. The zero-order valence-corrected chi connectivity index (χ0v) is 16.3. The number of rotatable bonds is 3. The fourth-order valence-electron chi connectivity index (χ4n) is 2.62. The maximum absolute atomic E-state index is 12.9.